The van der Waals surface area contributed by atoms with Crippen LogP contribution >= 0.6 is 11.6 Å². The molecule has 10 nitrogen and oxygen atoms in total. The van der Waals surface area contributed by atoms with E-state index in [0.717, 1.165) is 10.9 Å². The highest BCUT2D eigenvalue weighted by Gasteiger charge is 2.35. The van der Waals surface area contributed by atoms with Gasteiger partial charge < -0.3 is 15.4 Å². The molecule has 11 heteroatoms. The molecular weight excluding hydrogens is 546 g/mol. The zero-order valence-electron chi connectivity index (χ0n) is 24.3. The Kier molecular flexibility index (Phi) is 9.03. The van der Waals surface area contributed by atoms with Gasteiger partial charge in [0.2, 0.25) is 11.8 Å². The molecule has 2 aromatic rings. The SMILES string of the molecule is CC1NC(=O)C(C(C)C)NC(=O)C(C)(C)C=Cc2ccc3c(Cl)cc(nc3c2)C(C)OC(=O)C2CCCN(N2)C1=O. The number of aromatic nitrogens is 1. The number of hydrogen-bond acceptors (Lipinski definition) is 7. The topological polar surface area (TPSA) is 130 Å². The standard InChI is InChI=1S/C30H38ClN5O5/c1-16(2)25-26(37)32-17(3)27(38)36-13-7-8-22(35-36)28(39)41-18(4)23-15-21(31)20-10-9-19(14-24(20)33-23)11-12-30(5,6)29(40)34-25/h9-12,14-18,22,25,35H,7-8,13H2,1-6H3,(H,32,37)(H,34,40). The average Bonchev–Trinajstić information content (AvgIpc) is 2.93. The molecule has 4 atom stereocenters. The van der Waals surface area contributed by atoms with Gasteiger partial charge in [0.05, 0.1) is 21.6 Å². The van der Waals surface area contributed by atoms with E-state index < -0.39 is 47.4 Å². The molecule has 2 aliphatic rings. The lowest BCUT2D eigenvalue weighted by molar-refractivity contribution is -0.157. The molecule has 4 rings (SSSR count). The number of hydrogen-bond donors (Lipinski definition) is 3. The van der Waals surface area contributed by atoms with Gasteiger partial charge in [-0.3, -0.25) is 24.2 Å². The zero-order valence-corrected chi connectivity index (χ0v) is 25.0. The smallest absolute Gasteiger partial charge is 0.325 e. The highest BCUT2D eigenvalue weighted by molar-refractivity contribution is 6.35. The predicted octanol–water partition coefficient (Wildman–Crippen LogP) is 3.69. The number of nitrogens with zero attached hydrogens (tertiary/aromatic N) is 2. The number of esters is 1. The first kappa shape index (κ1) is 30.5. The number of pyridine rings is 1. The first-order valence-corrected chi connectivity index (χ1v) is 14.3. The highest BCUT2D eigenvalue weighted by Crippen LogP contribution is 2.29. The second-order valence-electron chi connectivity index (χ2n) is 11.7. The molecule has 1 fully saturated rings. The van der Waals surface area contributed by atoms with Crippen LogP contribution in [0.4, 0.5) is 0 Å². The van der Waals surface area contributed by atoms with E-state index in [1.807, 2.05) is 38.1 Å². The van der Waals surface area contributed by atoms with Crippen LogP contribution in [0.3, 0.4) is 0 Å². The number of nitrogens with one attached hydrogen (secondary N) is 3. The van der Waals surface area contributed by atoms with Crippen molar-refractivity contribution in [3.8, 4) is 0 Å². The molecule has 1 aromatic heterocycles. The summed E-state index contributed by atoms with van der Waals surface area (Å²) in [6.45, 7) is 10.8. The van der Waals surface area contributed by atoms with Crippen molar-refractivity contribution in [2.45, 2.75) is 78.6 Å². The van der Waals surface area contributed by atoms with Crippen LogP contribution in [0, 0.1) is 11.3 Å². The van der Waals surface area contributed by atoms with E-state index in [-0.39, 0.29) is 11.8 Å². The first-order valence-electron chi connectivity index (χ1n) is 14.0. The Labute approximate surface area is 245 Å². The van der Waals surface area contributed by atoms with Crippen molar-refractivity contribution in [1.29, 1.82) is 0 Å². The van der Waals surface area contributed by atoms with Crippen LogP contribution in [0.25, 0.3) is 17.0 Å². The van der Waals surface area contributed by atoms with Crippen molar-refractivity contribution >= 4 is 52.3 Å². The van der Waals surface area contributed by atoms with Crippen LogP contribution in [0.15, 0.2) is 30.3 Å². The second kappa shape index (κ2) is 12.2. The summed E-state index contributed by atoms with van der Waals surface area (Å²) in [7, 11) is 0. The third-order valence-electron chi connectivity index (χ3n) is 7.49. The Bertz CT molecular complexity index is 1390. The van der Waals surface area contributed by atoms with Crippen LogP contribution in [-0.2, 0) is 23.9 Å². The van der Waals surface area contributed by atoms with Crippen LogP contribution in [-0.4, -0.2) is 58.4 Å². The summed E-state index contributed by atoms with van der Waals surface area (Å²) in [6, 6.07) is 4.76. The van der Waals surface area contributed by atoms with Gasteiger partial charge in [-0.05, 0) is 64.2 Å². The lowest BCUT2D eigenvalue weighted by atomic mass is 9.89. The molecular formula is C30H38ClN5O5. The van der Waals surface area contributed by atoms with Crippen LogP contribution in [0.5, 0.6) is 0 Å². The van der Waals surface area contributed by atoms with Gasteiger partial charge >= 0.3 is 5.97 Å². The summed E-state index contributed by atoms with van der Waals surface area (Å²) in [5.74, 6) is -1.94. The van der Waals surface area contributed by atoms with Gasteiger partial charge in [-0.1, -0.05) is 49.7 Å². The van der Waals surface area contributed by atoms with Crippen LogP contribution < -0.4 is 16.1 Å². The van der Waals surface area contributed by atoms with Gasteiger partial charge in [0, 0.05) is 11.9 Å². The normalized spacial score (nSPS) is 26.1. The maximum Gasteiger partial charge on any atom is 0.325 e. The van der Waals surface area contributed by atoms with Crippen molar-refractivity contribution in [2.24, 2.45) is 11.3 Å². The average molecular weight is 584 g/mol. The molecule has 0 saturated carbocycles. The quantitative estimate of drug-likeness (QED) is 0.437. The number of cyclic esters (lactones) is 1. The second-order valence-corrected chi connectivity index (χ2v) is 12.1. The number of benzene rings is 1. The maximum atomic E-state index is 13.3. The summed E-state index contributed by atoms with van der Waals surface area (Å²) in [5.41, 5.74) is 3.91. The summed E-state index contributed by atoms with van der Waals surface area (Å²) < 4.78 is 5.74. The maximum absolute atomic E-state index is 13.3. The minimum Gasteiger partial charge on any atom is -0.455 e. The van der Waals surface area contributed by atoms with Gasteiger partial charge in [-0.2, -0.15) is 0 Å². The number of ether oxygens (including phenoxy) is 1. The summed E-state index contributed by atoms with van der Waals surface area (Å²) >= 11 is 6.57. The van der Waals surface area contributed by atoms with Gasteiger partial charge in [0.1, 0.15) is 24.2 Å². The third-order valence-corrected chi connectivity index (χ3v) is 7.80. The molecule has 41 heavy (non-hydrogen) atoms. The van der Waals surface area contributed by atoms with Crippen molar-refractivity contribution in [3.05, 3.63) is 46.6 Å². The Balaban J connectivity index is 1.73. The number of hydrazine groups is 1. The fourth-order valence-corrected chi connectivity index (χ4v) is 5.08. The van der Waals surface area contributed by atoms with Gasteiger partial charge in [0.25, 0.3) is 5.91 Å². The minimum absolute atomic E-state index is 0.234. The van der Waals surface area contributed by atoms with Crippen molar-refractivity contribution < 1.29 is 23.9 Å². The van der Waals surface area contributed by atoms with Crippen molar-refractivity contribution in [2.75, 3.05) is 6.54 Å². The third kappa shape index (κ3) is 6.87. The highest BCUT2D eigenvalue weighted by atomic mass is 35.5. The summed E-state index contributed by atoms with van der Waals surface area (Å²) in [5, 5.41) is 8.15. The molecule has 3 N–H and O–H groups in total. The molecule has 0 spiro atoms. The van der Waals surface area contributed by atoms with E-state index in [1.54, 1.807) is 39.8 Å². The molecule has 3 amide bonds. The lowest BCUT2D eigenvalue weighted by Gasteiger charge is -2.35. The van der Waals surface area contributed by atoms with Gasteiger partial charge in [-0.25, -0.2) is 10.4 Å². The lowest BCUT2D eigenvalue weighted by Crippen LogP contribution is -2.61. The minimum atomic E-state index is -0.953. The number of carbonyl (C=O) groups is 4. The first-order chi connectivity index (χ1) is 19.3. The van der Waals surface area contributed by atoms with E-state index in [2.05, 4.69) is 16.1 Å². The predicted molar refractivity (Wildman–Crippen MR) is 156 cm³/mol. The number of halogens is 1. The summed E-state index contributed by atoms with van der Waals surface area (Å²) in [6.07, 6.45) is 3.94. The Hall–Kier alpha value is -3.50. The Morgan fingerprint density at radius 2 is 1.83 bits per heavy atom. The zero-order chi connectivity index (χ0) is 30.1. The van der Waals surface area contributed by atoms with E-state index >= 15 is 0 Å². The van der Waals surface area contributed by atoms with Crippen molar-refractivity contribution in [3.63, 3.8) is 0 Å². The fourth-order valence-electron chi connectivity index (χ4n) is 4.81. The van der Waals surface area contributed by atoms with Crippen LogP contribution in [0.1, 0.15) is 71.7 Å². The van der Waals surface area contributed by atoms with Gasteiger partial charge in [0.15, 0.2) is 0 Å². The summed E-state index contributed by atoms with van der Waals surface area (Å²) in [4.78, 5) is 57.6. The number of fused-ring (bicyclic) bond motifs is 4. The number of rotatable bonds is 1. The molecule has 220 valence electrons. The molecule has 3 heterocycles. The van der Waals surface area contributed by atoms with E-state index in [9.17, 15) is 19.2 Å². The van der Waals surface area contributed by atoms with Crippen molar-refractivity contribution in [1.82, 2.24) is 26.1 Å². The molecule has 0 radical (unpaired) electrons. The molecule has 4 unspecified atom stereocenters. The van der Waals surface area contributed by atoms with E-state index in [4.69, 9.17) is 21.3 Å². The fraction of sp³-hybridized carbons (Fsp3) is 0.500. The molecule has 5 bridgehead atoms. The Morgan fingerprint density at radius 1 is 1.10 bits per heavy atom. The van der Waals surface area contributed by atoms with E-state index in [0.29, 0.717) is 35.6 Å². The number of carbonyl (C=O) groups excluding carboxylic acids is 4. The number of amides is 3. The van der Waals surface area contributed by atoms with E-state index in [1.165, 1.54) is 5.01 Å². The largest absolute Gasteiger partial charge is 0.455 e. The van der Waals surface area contributed by atoms with Gasteiger partial charge in [-0.15, -0.1) is 0 Å². The monoisotopic (exact) mass is 583 g/mol. The van der Waals surface area contributed by atoms with Crippen LogP contribution in [0.2, 0.25) is 5.02 Å². The molecule has 1 saturated heterocycles. The molecule has 2 aliphatic heterocycles. The molecule has 0 aliphatic carbocycles. The Morgan fingerprint density at radius 3 is 2.54 bits per heavy atom. The molecule has 1 aromatic carbocycles.